The molecule has 124 valence electrons. The molecular weight excluding hydrogens is 304 g/mol. The van der Waals surface area contributed by atoms with E-state index >= 15 is 0 Å². The lowest BCUT2D eigenvalue weighted by atomic mass is 10.1. The highest BCUT2D eigenvalue weighted by atomic mass is 16.5. The molecule has 3 aromatic rings. The van der Waals surface area contributed by atoms with Crippen LogP contribution >= 0.6 is 0 Å². The summed E-state index contributed by atoms with van der Waals surface area (Å²) in [7, 11) is 1.59. The standard InChI is InChI=1S/C18H20N4O2/c1-5-22-17-15(12(3)21-22)10-16(11(2)19-17)18(23)20-13-7-6-8-14(9-13)24-4/h6-10H,5H2,1-4H3,(H,20,23). The summed E-state index contributed by atoms with van der Waals surface area (Å²) in [5.74, 6) is 0.497. The smallest absolute Gasteiger partial charge is 0.257 e. The third-order valence-corrected chi connectivity index (χ3v) is 3.97. The van der Waals surface area contributed by atoms with Crippen LogP contribution in [0.2, 0.25) is 0 Å². The molecule has 0 aliphatic carbocycles. The van der Waals surface area contributed by atoms with Crippen molar-refractivity contribution < 1.29 is 9.53 Å². The Morgan fingerprint density at radius 3 is 2.75 bits per heavy atom. The van der Waals surface area contributed by atoms with E-state index in [9.17, 15) is 4.79 Å². The zero-order valence-corrected chi connectivity index (χ0v) is 14.3. The van der Waals surface area contributed by atoms with E-state index in [1.165, 1.54) is 0 Å². The van der Waals surface area contributed by atoms with Gasteiger partial charge in [-0.3, -0.25) is 4.79 Å². The van der Waals surface area contributed by atoms with Crippen LogP contribution < -0.4 is 10.1 Å². The number of nitrogens with zero attached hydrogens (tertiary/aromatic N) is 3. The molecular formula is C18H20N4O2. The molecule has 0 fully saturated rings. The number of ether oxygens (including phenoxy) is 1. The quantitative estimate of drug-likeness (QED) is 0.799. The fourth-order valence-corrected chi connectivity index (χ4v) is 2.69. The van der Waals surface area contributed by atoms with Crippen LogP contribution in [-0.4, -0.2) is 27.8 Å². The zero-order valence-electron chi connectivity index (χ0n) is 14.3. The summed E-state index contributed by atoms with van der Waals surface area (Å²) in [5.41, 5.74) is 3.58. The summed E-state index contributed by atoms with van der Waals surface area (Å²) < 4.78 is 7.03. The van der Waals surface area contributed by atoms with Crippen molar-refractivity contribution in [1.82, 2.24) is 14.8 Å². The fraction of sp³-hybridized carbons (Fsp3) is 0.278. The van der Waals surface area contributed by atoms with Crippen molar-refractivity contribution in [1.29, 1.82) is 0 Å². The van der Waals surface area contributed by atoms with Gasteiger partial charge in [0.25, 0.3) is 5.91 Å². The summed E-state index contributed by atoms with van der Waals surface area (Å²) in [6.07, 6.45) is 0. The lowest BCUT2D eigenvalue weighted by Crippen LogP contribution is -2.14. The minimum atomic E-state index is -0.196. The van der Waals surface area contributed by atoms with Gasteiger partial charge in [0.1, 0.15) is 5.75 Å². The molecule has 2 aromatic heterocycles. The van der Waals surface area contributed by atoms with E-state index in [-0.39, 0.29) is 5.91 Å². The molecule has 0 bridgehead atoms. The van der Waals surface area contributed by atoms with Gasteiger partial charge in [-0.05, 0) is 39.0 Å². The van der Waals surface area contributed by atoms with Gasteiger partial charge >= 0.3 is 0 Å². The molecule has 0 radical (unpaired) electrons. The molecule has 0 saturated heterocycles. The number of hydrogen-bond acceptors (Lipinski definition) is 4. The second kappa shape index (κ2) is 6.31. The number of nitrogens with one attached hydrogen (secondary N) is 1. The van der Waals surface area contributed by atoms with Crippen LogP contribution in [0.5, 0.6) is 5.75 Å². The van der Waals surface area contributed by atoms with Crippen LogP contribution in [-0.2, 0) is 6.54 Å². The first-order valence-corrected chi connectivity index (χ1v) is 7.83. The number of carbonyl (C=O) groups is 1. The van der Waals surface area contributed by atoms with Crippen molar-refractivity contribution in [2.45, 2.75) is 27.3 Å². The van der Waals surface area contributed by atoms with Gasteiger partial charge in [0.05, 0.1) is 24.1 Å². The number of aromatic nitrogens is 3. The fourth-order valence-electron chi connectivity index (χ4n) is 2.69. The average molecular weight is 324 g/mol. The molecule has 0 saturated carbocycles. The van der Waals surface area contributed by atoms with E-state index in [0.29, 0.717) is 22.7 Å². The van der Waals surface area contributed by atoms with Crippen molar-refractivity contribution >= 4 is 22.6 Å². The van der Waals surface area contributed by atoms with Crippen molar-refractivity contribution in [3.63, 3.8) is 0 Å². The second-order valence-corrected chi connectivity index (χ2v) is 5.58. The third-order valence-electron chi connectivity index (χ3n) is 3.97. The highest BCUT2D eigenvalue weighted by Gasteiger charge is 2.16. The Hall–Kier alpha value is -2.89. The SMILES string of the molecule is CCn1nc(C)c2cc(C(=O)Nc3cccc(OC)c3)c(C)nc21. The number of methoxy groups -OCH3 is 1. The van der Waals surface area contributed by atoms with Crippen molar-refractivity contribution in [3.05, 3.63) is 47.3 Å². The van der Waals surface area contributed by atoms with Crippen LogP contribution in [0.4, 0.5) is 5.69 Å². The van der Waals surface area contributed by atoms with Gasteiger partial charge < -0.3 is 10.1 Å². The Kier molecular flexibility index (Phi) is 4.20. The van der Waals surface area contributed by atoms with E-state index in [4.69, 9.17) is 4.74 Å². The summed E-state index contributed by atoms with van der Waals surface area (Å²) in [4.78, 5) is 17.2. The molecule has 2 heterocycles. The Balaban J connectivity index is 1.97. The Labute approximate surface area is 140 Å². The lowest BCUT2D eigenvalue weighted by Gasteiger charge is -2.09. The van der Waals surface area contributed by atoms with Crippen LogP contribution in [0.25, 0.3) is 11.0 Å². The molecule has 0 aliphatic heterocycles. The number of pyridine rings is 1. The maximum atomic E-state index is 12.6. The number of aryl methyl sites for hydroxylation is 3. The van der Waals surface area contributed by atoms with Gasteiger partial charge in [-0.2, -0.15) is 5.10 Å². The monoisotopic (exact) mass is 324 g/mol. The van der Waals surface area contributed by atoms with Gasteiger partial charge in [0.2, 0.25) is 0 Å². The first-order valence-electron chi connectivity index (χ1n) is 7.83. The molecule has 0 unspecified atom stereocenters. The molecule has 0 aliphatic rings. The highest BCUT2D eigenvalue weighted by molar-refractivity contribution is 6.06. The second-order valence-electron chi connectivity index (χ2n) is 5.58. The Morgan fingerprint density at radius 2 is 2.04 bits per heavy atom. The predicted molar refractivity (Wildman–Crippen MR) is 93.6 cm³/mol. The van der Waals surface area contributed by atoms with Gasteiger partial charge in [-0.25, -0.2) is 9.67 Å². The van der Waals surface area contributed by atoms with Gasteiger partial charge in [0, 0.05) is 23.7 Å². The summed E-state index contributed by atoms with van der Waals surface area (Å²) >= 11 is 0. The zero-order chi connectivity index (χ0) is 17.3. The lowest BCUT2D eigenvalue weighted by molar-refractivity contribution is 0.102. The number of fused-ring (bicyclic) bond motifs is 1. The predicted octanol–water partition coefficient (Wildman–Crippen LogP) is 3.33. The molecule has 0 atom stereocenters. The summed E-state index contributed by atoms with van der Waals surface area (Å²) in [6, 6.07) is 9.12. The summed E-state index contributed by atoms with van der Waals surface area (Å²) in [6.45, 7) is 6.52. The van der Waals surface area contributed by atoms with Gasteiger partial charge in [0.15, 0.2) is 5.65 Å². The first-order chi connectivity index (χ1) is 11.5. The molecule has 1 aromatic carbocycles. The van der Waals surface area contributed by atoms with Crippen LogP contribution in [0, 0.1) is 13.8 Å². The summed E-state index contributed by atoms with van der Waals surface area (Å²) in [5, 5.41) is 8.26. The van der Waals surface area contributed by atoms with E-state index in [0.717, 1.165) is 23.3 Å². The van der Waals surface area contributed by atoms with Crippen LogP contribution in [0.15, 0.2) is 30.3 Å². The molecule has 3 rings (SSSR count). The minimum absolute atomic E-state index is 0.196. The molecule has 0 spiro atoms. The van der Waals surface area contributed by atoms with Crippen molar-refractivity contribution in [2.24, 2.45) is 0 Å². The van der Waals surface area contributed by atoms with Crippen molar-refractivity contribution in [3.8, 4) is 5.75 Å². The largest absolute Gasteiger partial charge is 0.497 e. The topological polar surface area (TPSA) is 69.0 Å². The van der Waals surface area contributed by atoms with Gasteiger partial charge in [-0.15, -0.1) is 0 Å². The number of rotatable bonds is 4. The number of anilines is 1. The van der Waals surface area contributed by atoms with Gasteiger partial charge in [-0.1, -0.05) is 6.07 Å². The molecule has 1 amide bonds. The number of benzene rings is 1. The van der Waals surface area contributed by atoms with E-state index in [1.54, 1.807) is 13.2 Å². The first kappa shape index (κ1) is 16.0. The van der Waals surface area contributed by atoms with Crippen LogP contribution in [0.1, 0.15) is 28.7 Å². The highest BCUT2D eigenvalue weighted by Crippen LogP contribution is 2.22. The normalized spacial score (nSPS) is 10.8. The maximum absolute atomic E-state index is 12.6. The van der Waals surface area contributed by atoms with Crippen LogP contribution in [0.3, 0.4) is 0 Å². The molecule has 1 N–H and O–H groups in total. The van der Waals surface area contributed by atoms with E-state index in [1.807, 2.05) is 49.7 Å². The Bertz CT molecular complexity index is 915. The molecule has 6 heteroatoms. The average Bonchev–Trinajstić information content (AvgIpc) is 2.89. The maximum Gasteiger partial charge on any atom is 0.257 e. The Morgan fingerprint density at radius 1 is 1.25 bits per heavy atom. The molecule has 24 heavy (non-hydrogen) atoms. The van der Waals surface area contributed by atoms with E-state index in [2.05, 4.69) is 15.4 Å². The molecule has 6 nitrogen and oxygen atoms in total. The minimum Gasteiger partial charge on any atom is -0.497 e. The number of amides is 1. The van der Waals surface area contributed by atoms with Crippen molar-refractivity contribution in [2.75, 3.05) is 12.4 Å². The van der Waals surface area contributed by atoms with E-state index < -0.39 is 0 Å². The third kappa shape index (κ3) is 2.82. The number of carbonyl (C=O) groups excluding carboxylic acids is 1. The number of hydrogen-bond donors (Lipinski definition) is 1.